The minimum absolute atomic E-state index is 0.328. The molecule has 1 aromatic rings. The lowest BCUT2D eigenvalue weighted by Crippen LogP contribution is -2.19. The first-order valence-corrected chi connectivity index (χ1v) is 6.23. The summed E-state index contributed by atoms with van der Waals surface area (Å²) in [5.41, 5.74) is 1.18. The summed E-state index contributed by atoms with van der Waals surface area (Å²) in [7, 11) is 0. The molecule has 1 atom stereocenters. The molecule has 1 rings (SSSR count). The lowest BCUT2D eigenvalue weighted by molar-refractivity contribution is 0.126. The van der Waals surface area contributed by atoms with E-state index in [0.717, 1.165) is 5.75 Å². The fraction of sp³-hybridized carbons (Fsp3) is 0.500. The van der Waals surface area contributed by atoms with E-state index in [0.29, 0.717) is 17.9 Å². The number of aliphatic hydroxyl groups excluding tert-OH is 1. The van der Waals surface area contributed by atoms with Crippen LogP contribution in [0.15, 0.2) is 24.3 Å². The smallest absolute Gasteiger partial charge is 0.122 e. The summed E-state index contributed by atoms with van der Waals surface area (Å²) in [4.78, 5) is 0. The molecule has 0 aliphatic carbocycles. The van der Waals surface area contributed by atoms with Crippen molar-refractivity contribution in [2.45, 2.75) is 25.9 Å². The number of aliphatic hydroxyl groups is 1. The lowest BCUT2D eigenvalue weighted by Gasteiger charge is -2.15. The molecule has 0 amide bonds. The summed E-state index contributed by atoms with van der Waals surface area (Å²) in [5, 5.41) is 9.92. The van der Waals surface area contributed by atoms with Crippen LogP contribution in [-0.4, -0.2) is 23.1 Å². The van der Waals surface area contributed by atoms with E-state index in [4.69, 9.17) is 4.74 Å². The molecule has 1 aromatic carbocycles. The summed E-state index contributed by atoms with van der Waals surface area (Å²) < 4.78 is 5.57. The summed E-state index contributed by atoms with van der Waals surface area (Å²) in [6.45, 7) is 4.58. The van der Waals surface area contributed by atoms with Gasteiger partial charge >= 0.3 is 0 Å². The average Bonchev–Trinajstić information content (AvgIpc) is 2.26. The van der Waals surface area contributed by atoms with Crippen molar-refractivity contribution in [3.8, 4) is 5.75 Å². The second kappa shape index (κ2) is 6.13. The molecular formula is C12H17BrO2. The van der Waals surface area contributed by atoms with Gasteiger partial charge in [-0.1, -0.05) is 48.0 Å². The topological polar surface area (TPSA) is 29.5 Å². The number of hydrogen-bond acceptors (Lipinski definition) is 2. The van der Waals surface area contributed by atoms with Crippen molar-refractivity contribution in [3.63, 3.8) is 0 Å². The summed E-state index contributed by atoms with van der Waals surface area (Å²) >= 11 is 3.21. The van der Waals surface area contributed by atoms with Gasteiger partial charge in [0.1, 0.15) is 12.4 Å². The van der Waals surface area contributed by atoms with Crippen LogP contribution in [0.4, 0.5) is 0 Å². The van der Waals surface area contributed by atoms with Gasteiger partial charge in [0.2, 0.25) is 0 Å². The Morgan fingerprint density at radius 1 is 1.33 bits per heavy atom. The Kier molecular flexibility index (Phi) is 5.12. The number of benzene rings is 1. The van der Waals surface area contributed by atoms with E-state index in [1.807, 2.05) is 18.2 Å². The first kappa shape index (κ1) is 12.5. The van der Waals surface area contributed by atoms with Gasteiger partial charge in [-0.3, -0.25) is 0 Å². The third kappa shape index (κ3) is 3.84. The van der Waals surface area contributed by atoms with Gasteiger partial charge in [-0.2, -0.15) is 0 Å². The molecule has 0 radical (unpaired) electrons. The van der Waals surface area contributed by atoms with Crippen LogP contribution in [0.1, 0.15) is 25.3 Å². The first-order valence-electron chi connectivity index (χ1n) is 5.11. The number of ether oxygens (including phenoxy) is 1. The molecule has 3 heteroatoms. The zero-order valence-corrected chi connectivity index (χ0v) is 10.7. The zero-order chi connectivity index (χ0) is 11.3. The van der Waals surface area contributed by atoms with Crippen molar-refractivity contribution in [2.75, 3.05) is 11.9 Å². The van der Waals surface area contributed by atoms with Crippen molar-refractivity contribution in [3.05, 3.63) is 29.8 Å². The molecule has 0 heterocycles. The SMILES string of the molecule is CC(C)c1ccccc1OCC(O)CBr. The maximum absolute atomic E-state index is 9.38. The van der Waals surface area contributed by atoms with E-state index in [1.165, 1.54) is 5.56 Å². The van der Waals surface area contributed by atoms with Gasteiger partial charge in [0.15, 0.2) is 0 Å². The largest absolute Gasteiger partial charge is 0.491 e. The van der Waals surface area contributed by atoms with Gasteiger partial charge in [0, 0.05) is 5.33 Å². The predicted molar refractivity (Wildman–Crippen MR) is 65.8 cm³/mol. The highest BCUT2D eigenvalue weighted by molar-refractivity contribution is 9.09. The quantitative estimate of drug-likeness (QED) is 0.836. The molecule has 0 saturated carbocycles. The maximum atomic E-state index is 9.38. The molecule has 0 spiro atoms. The van der Waals surface area contributed by atoms with Crippen molar-refractivity contribution < 1.29 is 9.84 Å². The van der Waals surface area contributed by atoms with Crippen LogP contribution in [0.5, 0.6) is 5.75 Å². The van der Waals surface area contributed by atoms with Crippen molar-refractivity contribution in [1.29, 1.82) is 0 Å². The van der Waals surface area contributed by atoms with Gasteiger partial charge in [0.05, 0.1) is 6.10 Å². The standard InChI is InChI=1S/C12H17BrO2/c1-9(2)11-5-3-4-6-12(11)15-8-10(14)7-13/h3-6,9-10,14H,7-8H2,1-2H3. The number of hydrogen-bond donors (Lipinski definition) is 1. The fourth-order valence-electron chi connectivity index (χ4n) is 1.32. The first-order chi connectivity index (χ1) is 7.15. The summed E-state index contributed by atoms with van der Waals surface area (Å²) in [5.74, 6) is 1.30. The Morgan fingerprint density at radius 3 is 2.60 bits per heavy atom. The molecule has 0 saturated heterocycles. The molecule has 2 nitrogen and oxygen atoms in total. The molecule has 15 heavy (non-hydrogen) atoms. The van der Waals surface area contributed by atoms with Crippen molar-refractivity contribution in [1.82, 2.24) is 0 Å². The molecule has 0 fully saturated rings. The minimum atomic E-state index is -0.454. The zero-order valence-electron chi connectivity index (χ0n) is 9.11. The highest BCUT2D eigenvalue weighted by Crippen LogP contribution is 2.25. The molecule has 0 aliphatic heterocycles. The number of rotatable bonds is 5. The van der Waals surface area contributed by atoms with E-state index in [2.05, 4.69) is 35.8 Å². The van der Waals surface area contributed by atoms with Crippen LogP contribution in [0.3, 0.4) is 0 Å². The van der Waals surface area contributed by atoms with Crippen LogP contribution in [0.2, 0.25) is 0 Å². The van der Waals surface area contributed by atoms with E-state index >= 15 is 0 Å². The predicted octanol–water partition coefficient (Wildman–Crippen LogP) is 2.94. The second-order valence-corrected chi connectivity index (χ2v) is 4.46. The van der Waals surface area contributed by atoms with Gasteiger partial charge in [-0.05, 0) is 17.5 Å². The van der Waals surface area contributed by atoms with E-state index in [-0.39, 0.29) is 0 Å². The van der Waals surface area contributed by atoms with Crippen LogP contribution < -0.4 is 4.74 Å². The molecular weight excluding hydrogens is 256 g/mol. The van der Waals surface area contributed by atoms with Crippen molar-refractivity contribution in [2.24, 2.45) is 0 Å². The molecule has 84 valence electrons. The van der Waals surface area contributed by atoms with Gasteiger partial charge in [-0.15, -0.1) is 0 Å². The molecule has 1 unspecified atom stereocenters. The normalized spacial score (nSPS) is 12.9. The Bertz CT molecular complexity index is 299. The third-order valence-electron chi connectivity index (χ3n) is 2.15. The van der Waals surface area contributed by atoms with Crippen LogP contribution in [-0.2, 0) is 0 Å². The Morgan fingerprint density at radius 2 is 2.00 bits per heavy atom. The monoisotopic (exact) mass is 272 g/mol. The number of alkyl halides is 1. The Balaban J connectivity index is 2.67. The van der Waals surface area contributed by atoms with Gasteiger partial charge in [0.25, 0.3) is 0 Å². The highest BCUT2D eigenvalue weighted by Gasteiger charge is 2.08. The highest BCUT2D eigenvalue weighted by atomic mass is 79.9. The Hall–Kier alpha value is -0.540. The molecule has 0 bridgehead atoms. The average molecular weight is 273 g/mol. The van der Waals surface area contributed by atoms with Crippen LogP contribution >= 0.6 is 15.9 Å². The van der Waals surface area contributed by atoms with Gasteiger partial charge in [-0.25, -0.2) is 0 Å². The molecule has 0 aromatic heterocycles. The summed E-state index contributed by atoms with van der Waals surface area (Å²) in [6.07, 6.45) is -0.454. The lowest BCUT2D eigenvalue weighted by atomic mass is 10.0. The van der Waals surface area contributed by atoms with Crippen molar-refractivity contribution >= 4 is 15.9 Å². The van der Waals surface area contributed by atoms with Gasteiger partial charge < -0.3 is 9.84 Å². The van der Waals surface area contributed by atoms with Crippen LogP contribution in [0.25, 0.3) is 0 Å². The fourth-order valence-corrected chi connectivity index (χ4v) is 1.51. The van der Waals surface area contributed by atoms with E-state index < -0.39 is 6.10 Å². The Labute approximate surface area is 99.4 Å². The van der Waals surface area contributed by atoms with E-state index in [9.17, 15) is 5.11 Å². The summed E-state index contributed by atoms with van der Waals surface area (Å²) in [6, 6.07) is 7.95. The molecule has 1 N–H and O–H groups in total. The van der Waals surface area contributed by atoms with Crippen LogP contribution in [0, 0.1) is 0 Å². The number of para-hydroxylation sites is 1. The van der Waals surface area contributed by atoms with E-state index in [1.54, 1.807) is 0 Å². The maximum Gasteiger partial charge on any atom is 0.122 e. The second-order valence-electron chi connectivity index (χ2n) is 3.81. The third-order valence-corrected chi connectivity index (χ3v) is 2.90. The molecule has 0 aliphatic rings. The minimum Gasteiger partial charge on any atom is -0.491 e. The number of halogens is 1.